The Morgan fingerprint density at radius 3 is 2.72 bits per heavy atom. The smallest absolute Gasteiger partial charge is 0.341 e. The minimum Gasteiger partial charge on any atom is -0.452 e. The van der Waals surface area contributed by atoms with E-state index in [2.05, 4.69) is 5.32 Å². The number of carbonyl (C=O) groups excluding carboxylic acids is 2. The van der Waals surface area contributed by atoms with Crippen LogP contribution < -0.4 is 5.32 Å². The first kappa shape index (κ1) is 19.7. The van der Waals surface area contributed by atoms with Crippen molar-refractivity contribution >= 4 is 40.7 Å². The van der Waals surface area contributed by atoms with E-state index in [1.807, 2.05) is 40.9 Å². The summed E-state index contributed by atoms with van der Waals surface area (Å²) in [6.07, 6.45) is 4.48. The predicted octanol–water partition coefficient (Wildman–Crippen LogP) is 4.40. The number of ether oxygens (including phenoxy) is 1. The van der Waals surface area contributed by atoms with Crippen LogP contribution in [0, 0.1) is 11.6 Å². The standard InChI is InChI=1S/C20H16F2N2O3S2/c21-14-4-3-12(9-15(14)22)23-17(25)10-27-20(26)18-13-5-8-28-11-16(13)29-19(18)24-6-1-2-7-24/h1-4,6-7,9H,5,8,10-11H2,(H,23,25). The van der Waals surface area contributed by atoms with Gasteiger partial charge in [0, 0.05) is 34.8 Å². The van der Waals surface area contributed by atoms with E-state index in [9.17, 15) is 18.4 Å². The molecule has 0 spiro atoms. The van der Waals surface area contributed by atoms with E-state index < -0.39 is 30.1 Å². The Balaban J connectivity index is 1.49. The predicted molar refractivity (Wildman–Crippen MR) is 109 cm³/mol. The van der Waals surface area contributed by atoms with Crippen molar-refractivity contribution in [1.82, 2.24) is 4.57 Å². The number of fused-ring (bicyclic) bond motifs is 1. The van der Waals surface area contributed by atoms with Crippen molar-refractivity contribution in [2.24, 2.45) is 0 Å². The zero-order valence-corrected chi connectivity index (χ0v) is 16.7. The molecule has 0 saturated carbocycles. The number of benzene rings is 1. The molecular formula is C20H16F2N2O3S2. The van der Waals surface area contributed by atoms with Gasteiger partial charge in [-0.25, -0.2) is 13.6 Å². The fraction of sp³-hybridized carbons (Fsp3) is 0.200. The highest BCUT2D eigenvalue weighted by Gasteiger charge is 2.27. The first-order chi connectivity index (χ1) is 14.0. The molecule has 1 aliphatic rings. The van der Waals surface area contributed by atoms with Crippen molar-refractivity contribution in [2.75, 3.05) is 17.7 Å². The highest BCUT2D eigenvalue weighted by atomic mass is 32.2. The van der Waals surface area contributed by atoms with Gasteiger partial charge in [-0.05, 0) is 42.0 Å². The molecular weight excluding hydrogens is 418 g/mol. The maximum absolute atomic E-state index is 13.3. The summed E-state index contributed by atoms with van der Waals surface area (Å²) in [5, 5.41) is 3.16. The van der Waals surface area contributed by atoms with Crippen LogP contribution in [-0.2, 0) is 21.7 Å². The minimum atomic E-state index is -1.07. The molecule has 1 aliphatic heterocycles. The largest absolute Gasteiger partial charge is 0.452 e. The van der Waals surface area contributed by atoms with E-state index in [0.717, 1.165) is 45.5 Å². The Kier molecular flexibility index (Phi) is 5.68. The summed E-state index contributed by atoms with van der Waals surface area (Å²) in [6, 6.07) is 6.76. The lowest BCUT2D eigenvalue weighted by Crippen LogP contribution is -2.22. The monoisotopic (exact) mass is 434 g/mol. The first-order valence-electron chi connectivity index (χ1n) is 8.80. The Morgan fingerprint density at radius 2 is 1.97 bits per heavy atom. The summed E-state index contributed by atoms with van der Waals surface area (Å²) in [5.74, 6) is -1.51. The fourth-order valence-corrected chi connectivity index (χ4v) is 5.49. The Labute approximate surface area is 173 Å². The van der Waals surface area contributed by atoms with Crippen molar-refractivity contribution in [3.8, 4) is 5.00 Å². The zero-order valence-electron chi connectivity index (χ0n) is 15.1. The van der Waals surface area contributed by atoms with Gasteiger partial charge in [0.05, 0.1) is 5.56 Å². The van der Waals surface area contributed by atoms with E-state index in [0.29, 0.717) is 5.56 Å². The van der Waals surface area contributed by atoms with Crippen molar-refractivity contribution in [2.45, 2.75) is 12.2 Å². The third kappa shape index (κ3) is 4.20. The number of aromatic nitrogens is 1. The fourth-order valence-electron chi connectivity index (χ4n) is 3.05. The molecule has 3 aromatic rings. The number of amides is 1. The summed E-state index contributed by atoms with van der Waals surface area (Å²) in [4.78, 5) is 26.0. The van der Waals surface area contributed by atoms with Gasteiger partial charge in [0.15, 0.2) is 18.2 Å². The summed E-state index contributed by atoms with van der Waals surface area (Å²) in [6.45, 7) is -0.525. The molecule has 1 N–H and O–H groups in total. The Hall–Kier alpha value is -2.65. The number of halogens is 2. The molecule has 5 nitrogen and oxygen atoms in total. The zero-order chi connectivity index (χ0) is 20.4. The maximum atomic E-state index is 13.3. The van der Waals surface area contributed by atoms with Gasteiger partial charge in [-0.3, -0.25) is 4.79 Å². The number of thioether (sulfide) groups is 1. The maximum Gasteiger partial charge on any atom is 0.341 e. The SMILES string of the molecule is O=C(COC(=O)c1c(-n2cccc2)sc2c1CCSC2)Nc1ccc(F)c(F)c1. The number of thiophene rings is 1. The van der Waals surface area contributed by atoms with Crippen LogP contribution >= 0.6 is 23.1 Å². The van der Waals surface area contributed by atoms with Gasteiger partial charge < -0.3 is 14.6 Å². The van der Waals surface area contributed by atoms with Crippen LogP contribution in [0.3, 0.4) is 0 Å². The number of hydrogen-bond acceptors (Lipinski definition) is 5. The van der Waals surface area contributed by atoms with Crippen molar-refractivity contribution in [3.63, 3.8) is 0 Å². The van der Waals surface area contributed by atoms with Crippen LogP contribution in [0.15, 0.2) is 42.7 Å². The van der Waals surface area contributed by atoms with E-state index in [-0.39, 0.29) is 5.69 Å². The second kappa shape index (κ2) is 8.38. The van der Waals surface area contributed by atoms with Gasteiger partial charge in [-0.2, -0.15) is 11.8 Å². The lowest BCUT2D eigenvalue weighted by Gasteiger charge is -2.13. The molecule has 150 valence electrons. The number of esters is 1. The third-order valence-corrected chi connectivity index (χ3v) is 6.80. The van der Waals surface area contributed by atoms with Crippen LogP contribution in [0.5, 0.6) is 0 Å². The van der Waals surface area contributed by atoms with Crippen LogP contribution in [0.1, 0.15) is 20.8 Å². The average Bonchev–Trinajstić information content (AvgIpc) is 3.36. The van der Waals surface area contributed by atoms with Crippen LogP contribution in [0.4, 0.5) is 14.5 Å². The highest BCUT2D eigenvalue weighted by molar-refractivity contribution is 7.98. The summed E-state index contributed by atoms with van der Waals surface area (Å²) in [7, 11) is 0. The van der Waals surface area contributed by atoms with Crippen molar-refractivity contribution in [1.29, 1.82) is 0 Å². The average molecular weight is 434 g/mol. The molecule has 0 unspecified atom stereocenters. The second-order valence-electron chi connectivity index (χ2n) is 6.33. The van der Waals surface area contributed by atoms with Gasteiger partial charge in [-0.1, -0.05) is 0 Å². The lowest BCUT2D eigenvalue weighted by molar-refractivity contribution is -0.119. The molecule has 0 saturated heterocycles. The molecule has 0 aliphatic carbocycles. The first-order valence-corrected chi connectivity index (χ1v) is 10.8. The summed E-state index contributed by atoms with van der Waals surface area (Å²) >= 11 is 3.37. The second-order valence-corrected chi connectivity index (χ2v) is 8.52. The normalized spacial score (nSPS) is 13.0. The van der Waals surface area contributed by atoms with Crippen LogP contribution in [0.25, 0.3) is 5.00 Å². The molecule has 3 heterocycles. The molecule has 1 amide bonds. The molecule has 2 aromatic heterocycles. The van der Waals surface area contributed by atoms with E-state index in [1.165, 1.54) is 6.07 Å². The minimum absolute atomic E-state index is 0.0860. The lowest BCUT2D eigenvalue weighted by atomic mass is 10.1. The van der Waals surface area contributed by atoms with Crippen molar-refractivity contribution < 1.29 is 23.1 Å². The number of anilines is 1. The number of carbonyl (C=O) groups is 2. The number of rotatable bonds is 5. The third-order valence-electron chi connectivity index (χ3n) is 4.38. The van der Waals surface area contributed by atoms with Gasteiger partial charge >= 0.3 is 5.97 Å². The molecule has 9 heteroatoms. The molecule has 4 rings (SSSR count). The van der Waals surface area contributed by atoms with Gasteiger partial charge in [0.25, 0.3) is 5.91 Å². The van der Waals surface area contributed by atoms with E-state index in [1.54, 1.807) is 11.3 Å². The van der Waals surface area contributed by atoms with Crippen LogP contribution in [-0.4, -0.2) is 28.8 Å². The Morgan fingerprint density at radius 1 is 1.17 bits per heavy atom. The number of hydrogen-bond donors (Lipinski definition) is 1. The van der Waals surface area contributed by atoms with Gasteiger partial charge in [0.1, 0.15) is 5.00 Å². The molecule has 0 atom stereocenters. The Bertz CT molecular complexity index is 1060. The molecule has 0 radical (unpaired) electrons. The molecule has 29 heavy (non-hydrogen) atoms. The van der Waals surface area contributed by atoms with Gasteiger partial charge in [0.2, 0.25) is 0 Å². The summed E-state index contributed by atoms with van der Waals surface area (Å²) < 4.78 is 33.3. The molecule has 0 fully saturated rings. The van der Waals surface area contributed by atoms with E-state index in [4.69, 9.17) is 4.74 Å². The number of nitrogens with zero attached hydrogens (tertiary/aromatic N) is 1. The van der Waals surface area contributed by atoms with E-state index >= 15 is 0 Å². The van der Waals surface area contributed by atoms with Crippen molar-refractivity contribution in [3.05, 3.63) is 70.4 Å². The summed E-state index contributed by atoms with van der Waals surface area (Å²) in [5.41, 5.74) is 1.55. The highest BCUT2D eigenvalue weighted by Crippen LogP contribution is 2.38. The van der Waals surface area contributed by atoms with Crippen LogP contribution in [0.2, 0.25) is 0 Å². The number of nitrogens with one attached hydrogen (secondary N) is 1. The topological polar surface area (TPSA) is 60.3 Å². The van der Waals surface area contributed by atoms with Gasteiger partial charge in [-0.15, -0.1) is 11.3 Å². The molecule has 1 aromatic carbocycles. The molecule has 0 bridgehead atoms. The quantitative estimate of drug-likeness (QED) is 0.605.